The first-order chi connectivity index (χ1) is 14.5. The van der Waals surface area contributed by atoms with Crippen LogP contribution in [0.25, 0.3) is 5.69 Å². The van der Waals surface area contributed by atoms with Gasteiger partial charge >= 0.3 is 0 Å². The van der Waals surface area contributed by atoms with Gasteiger partial charge in [-0.15, -0.1) is 10.2 Å². The van der Waals surface area contributed by atoms with E-state index in [1.54, 1.807) is 11.8 Å². The molecule has 0 saturated heterocycles. The third-order valence-electron chi connectivity index (χ3n) is 5.50. The molecule has 1 heterocycles. The SMILES string of the molecule is Cc1ccc(Cl)cc1-n1c(SCc2ccccc2)nnc1C(C)NC(=O)C1CCC1. The molecule has 1 unspecified atom stereocenters. The number of aryl methyl sites for hydroxylation is 1. The predicted molar refractivity (Wildman–Crippen MR) is 121 cm³/mol. The van der Waals surface area contributed by atoms with Crippen LogP contribution in [0.15, 0.2) is 53.7 Å². The average molecular weight is 441 g/mol. The van der Waals surface area contributed by atoms with E-state index in [0.29, 0.717) is 10.8 Å². The Morgan fingerprint density at radius 1 is 1.23 bits per heavy atom. The largest absolute Gasteiger partial charge is 0.346 e. The Bertz CT molecular complexity index is 1030. The number of halogens is 1. The zero-order chi connectivity index (χ0) is 21.1. The Morgan fingerprint density at radius 2 is 2.00 bits per heavy atom. The molecule has 1 fully saturated rings. The topological polar surface area (TPSA) is 59.8 Å². The van der Waals surface area contributed by atoms with E-state index in [1.165, 1.54) is 5.56 Å². The number of aromatic nitrogens is 3. The standard InChI is InChI=1S/C23H25ClN4OS/c1-15-11-12-19(24)13-20(15)28-21(16(2)25-22(29)18-9-6-10-18)26-27-23(28)30-14-17-7-4-3-5-8-17/h3-5,7-8,11-13,16,18H,6,9-10,14H2,1-2H3,(H,25,29). The highest BCUT2D eigenvalue weighted by Crippen LogP contribution is 2.31. The first kappa shape index (κ1) is 20.9. The molecule has 0 aliphatic heterocycles. The molecule has 30 heavy (non-hydrogen) atoms. The van der Waals surface area contributed by atoms with Crippen molar-refractivity contribution in [2.45, 2.75) is 50.1 Å². The number of benzene rings is 2. The molecule has 1 saturated carbocycles. The van der Waals surface area contributed by atoms with Gasteiger partial charge in [-0.1, -0.05) is 66.2 Å². The fourth-order valence-corrected chi connectivity index (χ4v) is 4.57. The second-order valence-corrected chi connectivity index (χ2v) is 9.12. The molecule has 3 aromatic rings. The van der Waals surface area contributed by atoms with Crippen molar-refractivity contribution in [2.24, 2.45) is 5.92 Å². The molecule has 1 aliphatic rings. The van der Waals surface area contributed by atoms with Crippen LogP contribution in [-0.4, -0.2) is 20.7 Å². The summed E-state index contributed by atoms with van der Waals surface area (Å²) in [5, 5.41) is 13.5. The van der Waals surface area contributed by atoms with Crippen molar-refractivity contribution in [2.75, 3.05) is 0 Å². The highest BCUT2D eigenvalue weighted by molar-refractivity contribution is 7.98. The van der Waals surface area contributed by atoms with Gasteiger partial charge in [-0.3, -0.25) is 9.36 Å². The molecule has 1 aromatic heterocycles. The molecular formula is C23H25ClN4OS. The van der Waals surface area contributed by atoms with Crippen molar-refractivity contribution in [3.63, 3.8) is 0 Å². The van der Waals surface area contributed by atoms with E-state index in [0.717, 1.165) is 41.4 Å². The average Bonchev–Trinajstić information content (AvgIpc) is 3.11. The van der Waals surface area contributed by atoms with E-state index in [-0.39, 0.29) is 17.9 Å². The zero-order valence-corrected chi connectivity index (χ0v) is 18.7. The lowest BCUT2D eigenvalue weighted by molar-refractivity contribution is -0.128. The summed E-state index contributed by atoms with van der Waals surface area (Å²) in [6, 6.07) is 15.8. The minimum absolute atomic E-state index is 0.101. The second-order valence-electron chi connectivity index (χ2n) is 7.74. The lowest BCUT2D eigenvalue weighted by Gasteiger charge is -2.26. The number of hydrogen-bond donors (Lipinski definition) is 1. The molecule has 0 spiro atoms. The summed E-state index contributed by atoms with van der Waals surface area (Å²) in [5.41, 5.74) is 3.22. The number of nitrogens with one attached hydrogen (secondary N) is 1. The van der Waals surface area contributed by atoms with Crippen LogP contribution < -0.4 is 5.32 Å². The fraction of sp³-hybridized carbons (Fsp3) is 0.348. The van der Waals surface area contributed by atoms with Gasteiger partial charge in [-0.05, 0) is 49.9 Å². The van der Waals surface area contributed by atoms with Crippen molar-refractivity contribution in [3.8, 4) is 5.69 Å². The number of rotatable bonds is 7. The molecule has 5 nitrogen and oxygen atoms in total. The maximum absolute atomic E-state index is 12.5. The molecule has 7 heteroatoms. The normalized spacial score (nSPS) is 14.9. The smallest absolute Gasteiger partial charge is 0.223 e. The molecule has 4 rings (SSSR count). The van der Waals surface area contributed by atoms with Crippen molar-refractivity contribution in [1.82, 2.24) is 20.1 Å². The first-order valence-electron chi connectivity index (χ1n) is 10.2. The van der Waals surface area contributed by atoms with E-state index >= 15 is 0 Å². The quantitative estimate of drug-likeness (QED) is 0.493. The van der Waals surface area contributed by atoms with Gasteiger partial charge in [0.05, 0.1) is 11.7 Å². The van der Waals surface area contributed by atoms with E-state index in [4.69, 9.17) is 11.6 Å². The predicted octanol–water partition coefficient (Wildman–Crippen LogP) is 5.50. The second kappa shape index (κ2) is 9.23. The molecule has 156 valence electrons. The number of thioether (sulfide) groups is 1. The summed E-state index contributed by atoms with van der Waals surface area (Å²) >= 11 is 7.93. The van der Waals surface area contributed by atoms with Crippen molar-refractivity contribution in [3.05, 3.63) is 70.5 Å². The Hall–Kier alpha value is -2.31. The fourth-order valence-electron chi connectivity index (χ4n) is 3.49. The molecule has 1 aliphatic carbocycles. The highest BCUT2D eigenvalue weighted by atomic mass is 35.5. The molecular weight excluding hydrogens is 416 g/mol. The van der Waals surface area contributed by atoms with Gasteiger partial charge in [0.25, 0.3) is 0 Å². The van der Waals surface area contributed by atoms with Crippen LogP contribution in [0.1, 0.15) is 49.2 Å². The summed E-state index contributed by atoms with van der Waals surface area (Å²) in [6.45, 7) is 4.00. The van der Waals surface area contributed by atoms with Gasteiger partial charge in [0, 0.05) is 16.7 Å². The van der Waals surface area contributed by atoms with Gasteiger partial charge in [0.15, 0.2) is 11.0 Å². The Balaban J connectivity index is 1.66. The monoisotopic (exact) mass is 440 g/mol. The number of amides is 1. The van der Waals surface area contributed by atoms with Crippen LogP contribution in [0.3, 0.4) is 0 Å². The molecule has 0 bridgehead atoms. The lowest BCUT2D eigenvalue weighted by Crippen LogP contribution is -2.36. The number of nitrogens with zero attached hydrogens (tertiary/aromatic N) is 3. The van der Waals surface area contributed by atoms with Crippen molar-refractivity contribution in [1.29, 1.82) is 0 Å². The summed E-state index contributed by atoms with van der Waals surface area (Å²) < 4.78 is 2.03. The summed E-state index contributed by atoms with van der Waals surface area (Å²) in [7, 11) is 0. The molecule has 0 radical (unpaired) electrons. The van der Waals surface area contributed by atoms with E-state index in [2.05, 4.69) is 27.6 Å². The minimum atomic E-state index is -0.255. The Kier molecular flexibility index (Phi) is 6.44. The van der Waals surface area contributed by atoms with Gasteiger partial charge in [-0.2, -0.15) is 0 Å². The van der Waals surface area contributed by atoms with Crippen LogP contribution in [0.5, 0.6) is 0 Å². The number of carbonyl (C=O) groups excluding carboxylic acids is 1. The summed E-state index contributed by atoms with van der Waals surface area (Å²) in [6.07, 6.45) is 3.07. The number of hydrogen-bond acceptors (Lipinski definition) is 4. The zero-order valence-electron chi connectivity index (χ0n) is 17.1. The minimum Gasteiger partial charge on any atom is -0.346 e. The molecule has 1 amide bonds. The summed E-state index contributed by atoms with van der Waals surface area (Å²) in [4.78, 5) is 12.5. The molecule has 2 aromatic carbocycles. The van der Waals surface area contributed by atoms with Crippen LogP contribution >= 0.6 is 23.4 Å². The third-order valence-corrected chi connectivity index (χ3v) is 6.74. The van der Waals surface area contributed by atoms with Crippen LogP contribution in [0.4, 0.5) is 0 Å². The van der Waals surface area contributed by atoms with Gasteiger partial charge in [0.2, 0.25) is 5.91 Å². The van der Waals surface area contributed by atoms with Gasteiger partial charge in [0.1, 0.15) is 0 Å². The van der Waals surface area contributed by atoms with Gasteiger partial charge < -0.3 is 5.32 Å². The first-order valence-corrected chi connectivity index (χ1v) is 11.6. The maximum atomic E-state index is 12.5. The van der Waals surface area contributed by atoms with Crippen molar-refractivity contribution < 1.29 is 4.79 Å². The van der Waals surface area contributed by atoms with Crippen molar-refractivity contribution >= 4 is 29.3 Å². The lowest BCUT2D eigenvalue weighted by atomic mass is 9.84. The highest BCUT2D eigenvalue weighted by Gasteiger charge is 2.28. The van der Waals surface area contributed by atoms with Crippen LogP contribution in [0.2, 0.25) is 5.02 Å². The molecule has 1 N–H and O–H groups in total. The van der Waals surface area contributed by atoms with Crippen LogP contribution in [-0.2, 0) is 10.5 Å². The summed E-state index contributed by atoms with van der Waals surface area (Å²) in [5.74, 6) is 1.72. The maximum Gasteiger partial charge on any atom is 0.223 e. The Labute approximate surface area is 186 Å². The van der Waals surface area contributed by atoms with E-state index in [1.807, 2.05) is 54.8 Å². The van der Waals surface area contributed by atoms with E-state index < -0.39 is 0 Å². The number of carbonyl (C=O) groups is 1. The van der Waals surface area contributed by atoms with Gasteiger partial charge in [-0.25, -0.2) is 0 Å². The Morgan fingerprint density at radius 3 is 2.70 bits per heavy atom. The molecule has 1 atom stereocenters. The van der Waals surface area contributed by atoms with Crippen LogP contribution in [0, 0.1) is 12.8 Å². The third kappa shape index (κ3) is 4.55. The van der Waals surface area contributed by atoms with E-state index in [9.17, 15) is 4.79 Å².